The molecule has 1 spiro atoms. The summed E-state index contributed by atoms with van der Waals surface area (Å²) < 4.78 is 13.5. The Kier molecular flexibility index (Phi) is 6.37. The fourth-order valence-corrected chi connectivity index (χ4v) is 11.0. The summed E-state index contributed by atoms with van der Waals surface area (Å²) in [7, 11) is 3.95. The second-order valence-corrected chi connectivity index (χ2v) is 15.0. The first kappa shape index (κ1) is 25.6. The number of ether oxygens (including phenoxy) is 2. The molecule has 0 aromatic heterocycles. The number of nitrogens with zero attached hydrogens (tertiary/aromatic N) is 1. The molecule has 4 aliphatic carbocycles. The van der Waals surface area contributed by atoms with Crippen LogP contribution in [-0.4, -0.2) is 56.0 Å². The maximum Gasteiger partial charge on any atom is 0.234 e. The highest BCUT2D eigenvalue weighted by molar-refractivity contribution is 5.78. The molecule has 0 aromatic rings. The van der Waals surface area contributed by atoms with E-state index < -0.39 is 0 Å². The van der Waals surface area contributed by atoms with Gasteiger partial charge in [0.05, 0.1) is 19.3 Å². The summed E-state index contributed by atoms with van der Waals surface area (Å²) in [5.41, 5.74) is 0.850. The lowest BCUT2D eigenvalue weighted by atomic mass is 9.44. The summed E-state index contributed by atoms with van der Waals surface area (Å²) in [4.78, 5) is 14.4. The fraction of sp³-hybridized carbons (Fsp3) is 0.968. The van der Waals surface area contributed by atoms with Crippen LogP contribution in [0.4, 0.5) is 0 Å². The first-order valence-corrected chi connectivity index (χ1v) is 15.3. The number of carbonyl (C=O) groups is 1. The molecular weight excluding hydrogens is 448 g/mol. The third kappa shape index (κ3) is 3.84. The van der Waals surface area contributed by atoms with Crippen LogP contribution in [0.1, 0.15) is 91.9 Å². The Morgan fingerprint density at radius 3 is 2.44 bits per heavy atom. The topological polar surface area (TPSA) is 50.8 Å². The maximum absolute atomic E-state index is 12.4. The van der Waals surface area contributed by atoms with Gasteiger partial charge in [0.15, 0.2) is 5.79 Å². The molecule has 5 heteroatoms. The van der Waals surface area contributed by atoms with Crippen molar-refractivity contribution >= 4 is 5.91 Å². The third-order valence-electron chi connectivity index (χ3n) is 12.8. The monoisotopic (exact) mass is 500 g/mol. The van der Waals surface area contributed by atoms with Gasteiger partial charge in [-0.3, -0.25) is 4.79 Å². The van der Waals surface area contributed by atoms with Crippen LogP contribution in [-0.2, 0) is 14.3 Å². The van der Waals surface area contributed by atoms with Crippen LogP contribution in [0.3, 0.4) is 0 Å². The SMILES string of the molecule is C[C@@H]1CC[C@@]2(OC1)O[C@H]1C[C@H]3[C@@H]4CC[C@H]5CC(NC(=O)CN(C)C)CC[C@]5(C)[C@H]4CC[C@]3(C)[C@H]1[C@@H]2C. The largest absolute Gasteiger partial charge is 0.352 e. The molecule has 2 heterocycles. The van der Waals surface area contributed by atoms with E-state index >= 15 is 0 Å². The molecule has 2 aliphatic heterocycles. The van der Waals surface area contributed by atoms with Crippen molar-refractivity contribution in [3.63, 3.8) is 0 Å². The van der Waals surface area contributed by atoms with Crippen molar-refractivity contribution in [3.8, 4) is 0 Å². The minimum absolute atomic E-state index is 0.191. The summed E-state index contributed by atoms with van der Waals surface area (Å²) >= 11 is 0. The van der Waals surface area contributed by atoms with Gasteiger partial charge in [0.1, 0.15) is 0 Å². The van der Waals surface area contributed by atoms with Crippen molar-refractivity contribution < 1.29 is 14.3 Å². The van der Waals surface area contributed by atoms with E-state index in [1.807, 2.05) is 19.0 Å². The van der Waals surface area contributed by atoms with Crippen molar-refractivity contribution in [3.05, 3.63) is 0 Å². The van der Waals surface area contributed by atoms with E-state index in [4.69, 9.17) is 9.47 Å². The second-order valence-electron chi connectivity index (χ2n) is 15.0. The van der Waals surface area contributed by atoms with Gasteiger partial charge in [-0.25, -0.2) is 0 Å². The molecule has 6 rings (SSSR count). The lowest BCUT2D eigenvalue weighted by Crippen LogP contribution is -2.56. The zero-order chi connectivity index (χ0) is 25.5. The van der Waals surface area contributed by atoms with Crippen LogP contribution in [0, 0.1) is 52.3 Å². The van der Waals surface area contributed by atoms with Crippen LogP contribution in [0.25, 0.3) is 0 Å². The zero-order valence-corrected chi connectivity index (χ0v) is 23.9. The number of amides is 1. The molecule has 4 saturated carbocycles. The Morgan fingerprint density at radius 2 is 1.72 bits per heavy atom. The molecule has 204 valence electrons. The minimum atomic E-state index is -0.300. The van der Waals surface area contributed by atoms with E-state index in [0.29, 0.717) is 47.3 Å². The zero-order valence-electron chi connectivity index (χ0n) is 23.9. The summed E-state index contributed by atoms with van der Waals surface area (Å²) in [5, 5.41) is 3.37. The number of carbonyl (C=O) groups excluding carboxylic acids is 1. The number of fused-ring (bicyclic) bond motifs is 7. The quantitative estimate of drug-likeness (QED) is 0.558. The first-order valence-electron chi connectivity index (χ1n) is 15.3. The van der Waals surface area contributed by atoms with Crippen molar-refractivity contribution in [2.24, 2.45) is 52.3 Å². The predicted molar refractivity (Wildman–Crippen MR) is 142 cm³/mol. The Morgan fingerprint density at radius 1 is 0.944 bits per heavy atom. The van der Waals surface area contributed by atoms with Crippen LogP contribution < -0.4 is 5.32 Å². The highest BCUT2D eigenvalue weighted by atomic mass is 16.7. The molecular formula is C31H52N2O3. The normalized spacial score (nSPS) is 54.0. The highest BCUT2D eigenvalue weighted by Gasteiger charge is 2.69. The molecule has 2 saturated heterocycles. The highest BCUT2D eigenvalue weighted by Crippen LogP contribution is 2.71. The molecule has 36 heavy (non-hydrogen) atoms. The Labute approximate surface area is 219 Å². The lowest BCUT2D eigenvalue weighted by Gasteiger charge is -2.61. The lowest BCUT2D eigenvalue weighted by molar-refractivity contribution is -0.273. The smallest absolute Gasteiger partial charge is 0.234 e. The van der Waals surface area contributed by atoms with Crippen LogP contribution >= 0.6 is 0 Å². The van der Waals surface area contributed by atoms with Crippen molar-refractivity contribution in [1.29, 1.82) is 0 Å². The van der Waals surface area contributed by atoms with Crippen molar-refractivity contribution in [1.82, 2.24) is 10.2 Å². The Hall–Kier alpha value is -0.650. The van der Waals surface area contributed by atoms with Gasteiger partial charge < -0.3 is 19.7 Å². The van der Waals surface area contributed by atoms with Gasteiger partial charge in [-0.15, -0.1) is 0 Å². The minimum Gasteiger partial charge on any atom is -0.352 e. The van der Waals surface area contributed by atoms with Gasteiger partial charge in [0.25, 0.3) is 0 Å². The molecule has 1 amide bonds. The average Bonchev–Trinajstić information content (AvgIpc) is 3.26. The second kappa shape index (κ2) is 8.95. The van der Waals surface area contributed by atoms with Crippen LogP contribution in [0.15, 0.2) is 0 Å². The molecule has 1 N–H and O–H groups in total. The summed E-state index contributed by atoms with van der Waals surface area (Å²) in [6.07, 6.45) is 13.1. The molecule has 0 aromatic carbocycles. The number of hydrogen-bond acceptors (Lipinski definition) is 4. The fourth-order valence-electron chi connectivity index (χ4n) is 11.0. The van der Waals surface area contributed by atoms with E-state index in [-0.39, 0.29) is 11.7 Å². The van der Waals surface area contributed by atoms with Crippen molar-refractivity contribution in [2.45, 2.75) is 110 Å². The molecule has 0 radical (unpaired) electrons. The number of nitrogens with one attached hydrogen (secondary N) is 1. The molecule has 12 atom stereocenters. The molecule has 6 aliphatic rings. The van der Waals surface area contributed by atoms with E-state index in [0.717, 1.165) is 43.1 Å². The summed E-state index contributed by atoms with van der Waals surface area (Å²) in [6.45, 7) is 11.4. The average molecular weight is 501 g/mol. The third-order valence-corrected chi connectivity index (χ3v) is 12.8. The van der Waals surface area contributed by atoms with E-state index in [1.165, 1.54) is 51.4 Å². The number of rotatable bonds is 3. The molecule has 1 unspecified atom stereocenters. The van der Waals surface area contributed by atoms with Gasteiger partial charge in [0.2, 0.25) is 5.91 Å². The number of likely N-dealkylation sites (N-methyl/N-ethyl adjacent to an activating group) is 1. The van der Waals surface area contributed by atoms with E-state index in [9.17, 15) is 4.79 Å². The van der Waals surface area contributed by atoms with E-state index in [2.05, 4.69) is 33.0 Å². The Bertz CT molecular complexity index is 853. The molecule has 0 bridgehead atoms. The van der Waals surface area contributed by atoms with E-state index in [1.54, 1.807) is 0 Å². The van der Waals surface area contributed by atoms with Gasteiger partial charge in [-0.2, -0.15) is 0 Å². The van der Waals surface area contributed by atoms with Crippen LogP contribution in [0.5, 0.6) is 0 Å². The van der Waals surface area contributed by atoms with Gasteiger partial charge in [-0.1, -0.05) is 27.7 Å². The first-order chi connectivity index (χ1) is 17.1. The summed E-state index contributed by atoms with van der Waals surface area (Å²) in [6, 6.07) is 0.371. The van der Waals surface area contributed by atoms with Gasteiger partial charge in [-0.05, 0) is 118 Å². The molecule has 5 nitrogen and oxygen atoms in total. The maximum atomic E-state index is 12.4. The van der Waals surface area contributed by atoms with Gasteiger partial charge in [0, 0.05) is 18.4 Å². The van der Waals surface area contributed by atoms with Gasteiger partial charge >= 0.3 is 0 Å². The number of hydrogen-bond donors (Lipinski definition) is 1. The summed E-state index contributed by atoms with van der Waals surface area (Å²) in [5.74, 6) is 5.00. The standard InChI is InChI=1S/C31H52N2O3/c1-19-9-14-31(35-18-19)20(2)28-26(36-31)16-25-23-8-7-21-15-22(32-27(34)17-33(5)6)10-12-29(21,3)24(23)11-13-30(25,28)4/h19-26,28H,7-18H2,1-6H3,(H,32,34)/t19-,20+,21+,22?,23-,24+,25+,26+,28+,29+,30+,31-/m1/s1. The van der Waals surface area contributed by atoms with Crippen LogP contribution in [0.2, 0.25) is 0 Å². The van der Waals surface area contributed by atoms with Crippen molar-refractivity contribution in [2.75, 3.05) is 27.2 Å². The molecule has 6 fully saturated rings. The predicted octanol–water partition coefficient (Wildman–Crippen LogP) is 5.48. The Balaban J connectivity index is 1.15.